The first-order chi connectivity index (χ1) is 26.3. The summed E-state index contributed by atoms with van der Waals surface area (Å²) < 4.78 is 2.64. The van der Waals surface area contributed by atoms with Crippen LogP contribution in [0.5, 0.6) is 0 Å². The Hall–Kier alpha value is -5.64. The van der Waals surface area contributed by atoms with Gasteiger partial charge in [0, 0.05) is 48.6 Å². The average Bonchev–Trinajstić information content (AvgIpc) is 3.60. The maximum absolute atomic E-state index is 2.60. The topological polar surface area (TPSA) is 6.48 Å². The summed E-state index contributed by atoms with van der Waals surface area (Å²) in [5.41, 5.74) is 16.6. The summed E-state index contributed by atoms with van der Waals surface area (Å²) >= 11 is 1.87. The van der Waals surface area contributed by atoms with Crippen molar-refractivity contribution in [1.29, 1.82) is 0 Å². The van der Waals surface area contributed by atoms with Crippen LogP contribution in [0.4, 0.5) is 34.1 Å². The lowest BCUT2D eigenvalue weighted by molar-refractivity contribution is 0.661. The third-order valence-corrected chi connectivity index (χ3v) is 12.5. The van der Waals surface area contributed by atoms with Crippen molar-refractivity contribution in [3.8, 4) is 11.1 Å². The standard InChI is InChI=1S/C50H42N2S/c1-4-16-35(17-5-1)49-43-23-10-12-25-45(43)50(46-26-13-11-24-44(46)49)52(37-20-8-3-9-21-37)39-30-28-38(29-31-39)51(36-18-6-2-7-19-36)40-32-33-42-41-22-14-15-27-47(41)53-48(42)34-40/h1-9,14-22,27-34H,10-13,23-26H2. The molecule has 53 heavy (non-hydrogen) atoms. The lowest BCUT2D eigenvalue weighted by Gasteiger charge is -2.37. The van der Waals surface area contributed by atoms with Gasteiger partial charge in [-0.25, -0.2) is 0 Å². The molecule has 0 spiro atoms. The highest BCUT2D eigenvalue weighted by molar-refractivity contribution is 7.25. The normalized spacial score (nSPS) is 13.8. The van der Waals surface area contributed by atoms with E-state index in [1.165, 1.54) is 79.7 Å². The van der Waals surface area contributed by atoms with E-state index in [4.69, 9.17) is 0 Å². The van der Waals surface area contributed by atoms with Gasteiger partial charge >= 0.3 is 0 Å². The molecule has 0 radical (unpaired) electrons. The van der Waals surface area contributed by atoms with Gasteiger partial charge in [0.1, 0.15) is 0 Å². The molecule has 2 aliphatic carbocycles. The molecule has 0 N–H and O–H groups in total. The fourth-order valence-electron chi connectivity index (χ4n) is 9.09. The van der Waals surface area contributed by atoms with Gasteiger partial charge < -0.3 is 9.80 Å². The summed E-state index contributed by atoms with van der Waals surface area (Å²) in [6, 6.07) is 58.2. The molecule has 0 aliphatic heterocycles. The van der Waals surface area contributed by atoms with Gasteiger partial charge in [-0.05, 0) is 151 Å². The molecule has 2 aliphatic rings. The fourth-order valence-corrected chi connectivity index (χ4v) is 10.2. The Bertz CT molecular complexity index is 2520. The number of benzene rings is 7. The summed E-state index contributed by atoms with van der Waals surface area (Å²) in [6.45, 7) is 0. The maximum Gasteiger partial charge on any atom is 0.0531 e. The van der Waals surface area contributed by atoms with Crippen molar-refractivity contribution in [2.45, 2.75) is 51.4 Å². The van der Waals surface area contributed by atoms with Gasteiger partial charge in [0.25, 0.3) is 0 Å². The van der Waals surface area contributed by atoms with Gasteiger partial charge in [-0.1, -0.05) is 91.0 Å². The molecule has 258 valence electrons. The minimum Gasteiger partial charge on any atom is -0.310 e. The monoisotopic (exact) mass is 702 g/mol. The van der Waals surface area contributed by atoms with Crippen LogP contribution in [-0.4, -0.2) is 0 Å². The minimum absolute atomic E-state index is 1.13. The summed E-state index contributed by atoms with van der Waals surface area (Å²) in [6.07, 6.45) is 9.55. The van der Waals surface area contributed by atoms with E-state index < -0.39 is 0 Å². The van der Waals surface area contributed by atoms with E-state index in [1.54, 1.807) is 22.3 Å². The van der Waals surface area contributed by atoms with Crippen LogP contribution < -0.4 is 9.80 Å². The van der Waals surface area contributed by atoms with Crippen LogP contribution >= 0.6 is 11.3 Å². The number of hydrogen-bond donors (Lipinski definition) is 0. The van der Waals surface area contributed by atoms with E-state index in [9.17, 15) is 0 Å². The molecule has 8 aromatic rings. The quantitative estimate of drug-likeness (QED) is 0.163. The Morgan fingerprint density at radius 2 is 0.811 bits per heavy atom. The first kappa shape index (κ1) is 32.0. The predicted molar refractivity (Wildman–Crippen MR) is 227 cm³/mol. The largest absolute Gasteiger partial charge is 0.310 e. The second-order valence-electron chi connectivity index (χ2n) is 14.6. The van der Waals surface area contributed by atoms with Crippen LogP contribution in [0.1, 0.15) is 47.9 Å². The molecule has 0 fully saturated rings. The Balaban J connectivity index is 1.13. The Morgan fingerprint density at radius 1 is 0.358 bits per heavy atom. The summed E-state index contributed by atoms with van der Waals surface area (Å²) in [5.74, 6) is 0. The van der Waals surface area contributed by atoms with Gasteiger partial charge in [0.05, 0.1) is 5.69 Å². The molecule has 0 amide bonds. The lowest BCUT2D eigenvalue weighted by atomic mass is 9.75. The highest BCUT2D eigenvalue weighted by Gasteiger charge is 2.31. The van der Waals surface area contributed by atoms with E-state index in [-0.39, 0.29) is 0 Å². The van der Waals surface area contributed by atoms with Crippen LogP contribution in [0.15, 0.2) is 158 Å². The van der Waals surface area contributed by atoms with E-state index in [0.29, 0.717) is 0 Å². The fraction of sp³-hybridized carbons (Fsp3) is 0.160. The highest BCUT2D eigenvalue weighted by Crippen LogP contribution is 2.50. The molecule has 0 saturated carbocycles. The maximum atomic E-state index is 2.60. The zero-order valence-corrected chi connectivity index (χ0v) is 30.8. The van der Waals surface area contributed by atoms with Crippen LogP contribution in [0.2, 0.25) is 0 Å². The van der Waals surface area contributed by atoms with Crippen molar-refractivity contribution in [2.75, 3.05) is 9.80 Å². The lowest BCUT2D eigenvalue weighted by Crippen LogP contribution is -2.22. The van der Waals surface area contributed by atoms with Gasteiger partial charge in [0.15, 0.2) is 0 Å². The third kappa shape index (κ3) is 5.71. The van der Waals surface area contributed by atoms with Crippen molar-refractivity contribution in [3.63, 3.8) is 0 Å². The molecule has 1 heterocycles. The smallest absolute Gasteiger partial charge is 0.0531 e. The number of thiophene rings is 1. The summed E-state index contributed by atoms with van der Waals surface area (Å²) in [4.78, 5) is 5.00. The molecule has 0 saturated heterocycles. The van der Waals surface area contributed by atoms with Crippen LogP contribution in [0.3, 0.4) is 0 Å². The molecule has 0 unspecified atom stereocenters. The van der Waals surface area contributed by atoms with Crippen molar-refractivity contribution < 1.29 is 0 Å². The summed E-state index contributed by atoms with van der Waals surface area (Å²) in [5, 5.41) is 2.65. The summed E-state index contributed by atoms with van der Waals surface area (Å²) in [7, 11) is 0. The SMILES string of the molecule is c1ccc(-c2c3c(c(N(c4ccccc4)c4ccc(N(c5ccccc5)c5ccc6c(c5)sc5ccccc56)cc4)c4c2CCCC4)CCCC3)cc1. The van der Waals surface area contributed by atoms with Gasteiger partial charge in [-0.3, -0.25) is 0 Å². The van der Waals surface area contributed by atoms with Crippen molar-refractivity contribution >= 4 is 65.6 Å². The number of nitrogens with zero attached hydrogens (tertiary/aromatic N) is 2. The Labute approximate surface area is 316 Å². The highest BCUT2D eigenvalue weighted by atomic mass is 32.1. The second kappa shape index (κ2) is 13.7. The van der Waals surface area contributed by atoms with E-state index in [1.807, 2.05) is 11.3 Å². The molecule has 0 bridgehead atoms. The van der Waals surface area contributed by atoms with Gasteiger partial charge in [-0.15, -0.1) is 11.3 Å². The van der Waals surface area contributed by atoms with Crippen molar-refractivity contribution in [3.05, 3.63) is 180 Å². The first-order valence-electron chi connectivity index (χ1n) is 19.3. The molecular weight excluding hydrogens is 661 g/mol. The predicted octanol–water partition coefficient (Wildman–Crippen LogP) is 14.4. The zero-order valence-electron chi connectivity index (χ0n) is 30.0. The first-order valence-corrected chi connectivity index (χ1v) is 20.1. The Kier molecular flexibility index (Phi) is 8.30. The zero-order chi connectivity index (χ0) is 35.1. The molecule has 2 nitrogen and oxygen atoms in total. The van der Waals surface area contributed by atoms with Crippen LogP contribution in [-0.2, 0) is 25.7 Å². The molecule has 1 aromatic heterocycles. The number of fused-ring (bicyclic) bond motifs is 5. The van der Waals surface area contributed by atoms with Gasteiger partial charge in [-0.2, -0.15) is 0 Å². The Morgan fingerprint density at radius 3 is 1.43 bits per heavy atom. The third-order valence-electron chi connectivity index (χ3n) is 11.4. The van der Waals surface area contributed by atoms with Crippen LogP contribution in [0.25, 0.3) is 31.3 Å². The average molecular weight is 703 g/mol. The van der Waals surface area contributed by atoms with E-state index in [0.717, 1.165) is 37.1 Å². The van der Waals surface area contributed by atoms with Crippen LogP contribution in [0, 0.1) is 0 Å². The number of para-hydroxylation sites is 2. The van der Waals surface area contributed by atoms with E-state index >= 15 is 0 Å². The number of rotatable bonds is 7. The number of hydrogen-bond acceptors (Lipinski definition) is 3. The number of anilines is 6. The molecular formula is C50H42N2S. The minimum atomic E-state index is 1.13. The molecule has 3 heteroatoms. The molecule has 0 atom stereocenters. The van der Waals surface area contributed by atoms with Crippen molar-refractivity contribution in [1.82, 2.24) is 0 Å². The second-order valence-corrected chi connectivity index (χ2v) is 15.6. The molecule has 10 rings (SSSR count). The van der Waals surface area contributed by atoms with E-state index in [2.05, 4.69) is 168 Å². The van der Waals surface area contributed by atoms with Gasteiger partial charge in [0.2, 0.25) is 0 Å². The van der Waals surface area contributed by atoms with Crippen molar-refractivity contribution in [2.24, 2.45) is 0 Å². The molecule has 7 aromatic carbocycles.